The lowest BCUT2D eigenvalue weighted by Crippen LogP contribution is -2.11. The van der Waals surface area contributed by atoms with Crippen molar-refractivity contribution >= 4 is 22.7 Å². The average molecular weight is 282 g/mol. The number of aromatic carboxylic acids is 1. The van der Waals surface area contributed by atoms with E-state index in [4.69, 9.17) is 0 Å². The third-order valence-corrected chi connectivity index (χ3v) is 3.29. The fraction of sp³-hybridized carbons (Fsp3) is 0.133. The molecule has 0 aliphatic carbocycles. The van der Waals surface area contributed by atoms with Gasteiger partial charge in [-0.3, -0.25) is 0 Å². The van der Waals surface area contributed by atoms with Crippen LogP contribution >= 0.6 is 0 Å². The lowest BCUT2D eigenvalue weighted by Gasteiger charge is -2.10. The van der Waals surface area contributed by atoms with E-state index in [-0.39, 0.29) is 5.56 Å². The second kappa shape index (κ2) is 5.24. The number of carboxylic acids is 1. The summed E-state index contributed by atoms with van der Waals surface area (Å²) in [5.41, 5.74) is 0.910. The second-order valence-corrected chi connectivity index (χ2v) is 4.69. The molecule has 0 aliphatic heterocycles. The van der Waals surface area contributed by atoms with Gasteiger partial charge in [-0.1, -0.05) is 18.2 Å². The van der Waals surface area contributed by atoms with E-state index in [1.807, 2.05) is 42.1 Å². The van der Waals surface area contributed by atoms with E-state index in [0.717, 1.165) is 16.7 Å². The van der Waals surface area contributed by atoms with Crippen molar-refractivity contribution < 1.29 is 9.90 Å². The first-order valence-corrected chi connectivity index (χ1v) is 6.48. The molecule has 0 fully saturated rings. The minimum Gasteiger partial charge on any atom is -0.478 e. The molecular weight excluding hydrogens is 268 g/mol. The van der Waals surface area contributed by atoms with Crippen LogP contribution in [0.25, 0.3) is 10.9 Å². The molecule has 6 nitrogen and oxygen atoms in total. The molecule has 0 spiro atoms. The summed E-state index contributed by atoms with van der Waals surface area (Å²) in [5, 5.41) is 13.2. The van der Waals surface area contributed by atoms with Gasteiger partial charge in [0.1, 0.15) is 17.2 Å². The molecule has 0 saturated heterocycles. The summed E-state index contributed by atoms with van der Waals surface area (Å²) >= 11 is 0. The van der Waals surface area contributed by atoms with Crippen molar-refractivity contribution in [1.82, 2.24) is 14.5 Å². The summed E-state index contributed by atoms with van der Waals surface area (Å²) in [6.45, 7) is 0.412. The number of hydrogen-bond donors (Lipinski definition) is 2. The van der Waals surface area contributed by atoms with Crippen molar-refractivity contribution in [3.8, 4) is 0 Å². The van der Waals surface area contributed by atoms with Gasteiger partial charge in [0.05, 0.1) is 12.1 Å². The maximum absolute atomic E-state index is 11.4. The van der Waals surface area contributed by atoms with Crippen molar-refractivity contribution in [3.05, 3.63) is 54.1 Å². The van der Waals surface area contributed by atoms with Crippen molar-refractivity contribution in [2.75, 3.05) is 5.32 Å². The summed E-state index contributed by atoms with van der Waals surface area (Å²) in [6, 6.07) is 9.06. The van der Waals surface area contributed by atoms with Crippen LogP contribution in [0.1, 0.15) is 16.2 Å². The number of aryl methyl sites for hydroxylation is 1. The van der Waals surface area contributed by atoms with Crippen molar-refractivity contribution in [3.63, 3.8) is 0 Å². The zero-order valence-corrected chi connectivity index (χ0v) is 11.4. The first kappa shape index (κ1) is 13.1. The van der Waals surface area contributed by atoms with Gasteiger partial charge in [0.2, 0.25) is 0 Å². The van der Waals surface area contributed by atoms with E-state index in [1.54, 1.807) is 12.3 Å². The molecule has 6 heteroatoms. The lowest BCUT2D eigenvalue weighted by molar-refractivity contribution is 0.0697. The maximum atomic E-state index is 11.4. The largest absolute Gasteiger partial charge is 0.478 e. The Balaban J connectivity index is 1.97. The first-order chi connectivity index (χ1) is 10.1. The van der Waals surface area contributed by atoms with Gasteiger partial charge in [0.25, 0.3) is 0 Å². The first-order valence-electron chi connectivity index (χ1n) is 6.48. The van der Waals surface area contributed by atoms with Gasteiger partial charge < -0.3 is 15.0 Å². The molecule has 0 bridgehead atoms. The molecule has 0 amide bonds. The molecule has 2 heterocycles. The number of aromatic nitrogens is 3. The topological polar surface area (TPSA) is 80.0 Å². The molecule has 3 rings (SSSR count). The highest BCUT2D eigenvalue weighted by Gasteiger charge is 2.13. The quantitative estimate of drug-likeness (QED) is 0.767. The molecule has 106 valence electrons. The van der Waals surface area contributed by atoms with Gasteiger partial charge in [-0.05, 0) is 12.1 Å². The Labute approximate surface area is 121 Å². The average Bonchev–Trinajstić information content (AvgIpc) is 2.89. The summed E-state index contributed by atoms with van der Waals surface area (Å²) in [5.74, 6) is 0.154. The van der Waals surface area contributed by atoms with Gasteiger partial charge in [-0.15, -0.1) is 0 Å². The zero-order valence-electron chi connectivity index (χ0n) is 11.4. The Hall–Kier alpha value is -2.89. The van der Waals surface area contributed by atoms with Gasteiger partial charge in [0, 0.05) is 24.8 Å². The van der Waals surface area contributed by atoms with Gasteiger partial charge >= 0.3 is 5.97 Å². The third-order valence-electron chi connectivity index (χ3n) is 3.29. The molecule has 2 N–H and O–H groups in total. The monoisotopic (exact) mass is 282 g/mol. The Morgan fingerprint density at radius 2 is 2.19 bits per heavy atom. The van der Waals surface area contributed by atoms with E-state index in [2.05, 4.69) is 15.3 Å². The number of carbonyl (C=O) groups is 1. The number of hydrogen-bond acceptors (Lipinski definition) is 4. The van der Waals surface area contributed by atoms with E-state index in [0.29, 0.717) is 12.4 Å². The summed E-state index contributed by atoms with van der Waals surface area (Å²) < 4.78 is 1.87. The highest BCUT2D eigenvalue weighted by Crippen LogP contribution is 2.21. The normalized spacial score (nSPS) is 10.7. The van der Waals surface area contributed by atoms with Crippen LogP contribution in [0.4, 0.5) is 5.82 Å². The standard InChI is InChI=1S/C15H14N4O2/c1-19-7-6-16-13(19)9-17-14-11(15(20)21)8-10-4-2-3-5-12(10)18-14/h2-8H,9H2,1H3,(H,17,18)(H,20,21). The Morgan fingerprint density at radius 1 is 1.38 bits per heavy atom. The van der Waals surface area contributed by atoms with Gasteiger partial charge in [0.15, 0.2) is 0 Å². The number of benzene rings is 1. The number of fused-ring (bicyclic) bond motifs is 1. The Bertz CT molecular complexity index is 810. The number of rotatable bonds is 4. The van der Waals surface area contributed by atoms with E-state index < -0.39 is 5.97 Å². The van der Waals surface area contributed by atoms with Gasteiger partial charge in [-0.25, -0.2) is 14.8 Å². The summed E-state index contributed by atoms with van der Waals surface area (Å²) in [6.07, 6.45) is 3.53. The van der Waals surface area contributed by atoms with E-state index in [9.17, 15) is 9.90 Å². The third kappa shape index (κ3) is 2.55. The second-order valence-electron chi connectivity index (χ2n) is 4.69. The number of carboxylic acid groups (broad SMARTS) is 1. The SMILES string of the molecule is Cn1ccnc1CNc1nc2ccccc2cc1C(=O)O. The molecular formula is C15H14N4O2. The van der Waals surface area contributed by atoms with Crippen LogP contribution < -0.4 is 5.32 Å². The smallest absolute Gasteiger partial charge is 0.339 e. The number of para-hydroxylation sites is 1. The van der Waals surface area contributed by atoms with Crippen LogP contribution in [0.2, 0.25) is 0 Å². The van der Waals surface area contributed by atoms with Crippen molar-refractivity contribution in [2.45, 2.75) is 6.54 Å². The number of imidazole rings is 1. The molecule has 0 unspecified atom stereocenters. The number of pyridine rings is 1. The molecule has 21 heavy (non-hydrogen) atoms. The Kier molecular flexibility index (Phi) is 3.27. The van der Waals surface area contributed by atoms with Crippen LogP contribution in [-0.2, 0) is 13.6 Å². The maximum Gasteiger partial charge on any atom is 0.339 e. The summed E-state index contributed by atoms with van der Waals surface area (Å²) in [7, 11) is 1.88. The molecule has 0 saturated carbocycles. The van der Waals surface area contributed by atoms with Crippen LogP contribution in [0.3, 0.4) is 0 Å². The molecule has 2 aromatic heterocycles. The fourth-order valence-corrected chi connectivity index (χ4v) is 2.14. The van der Waals surface area contributed by atoms with Crippen LogP contribution in [0.15, 0.2) is 42.7 Å². The van der Waals surface area contributed by atoms with E-state index >= 15 is 0 Å². The number of anilines is 1. The Morgan fingerprint density at radius 3 is 2.90 bits per heavy atom. The minimum absolute atomic E-state index is 0.155. The summed E-state index contributed by atoms with van der Waals surface area (Å²) in [4.78, 5) is 20.0. The van der Waals surface area contributed by atoms with Crippen molar-refractivity contribution in [1.29, 1.82) is 0 Å². The predicted octanol–water partition coefficient (Wildman–Crippen LogP) is 2.28. The van der Waals surface area contributed by atoms with Crippen LogP contribution in [0.5, 0.6) is 0 Å². The van der Waals surface area contributed by atoms with Gasteiger partial charge in [-0.2, -0.15) is 0 Å². The zero-order chi connectivity index (χ0) is 14.8. The molecule has 0 radical (unpaired) electrons. The molecule has 3 aromatic rings. The fourth-order valence-electron chi connectivity index (χ4n) is 2.14. The van der Waals surface area contributed by atoms with E-state index in [1.165, 1.54) is 0 Å². The molecule has 0 aliphatic rings. The highest BCUT2D eigenvalue weighted by molar-refractivity contribution is 5.98. The number of nitrogens with zero attached hydrogens (tertiary/aromatic N) is 3. The molecule has 1 aromatic carbocycles. The predicted molar refractivity (Wildman–Crippen MR) is 79.2 cm³/mol. The van der Waals surface area contributed by atoms with Crippen LogP contribution in [0, 0.1) is 0 Å². The lowest BCUT2D eigenvalue weighted by atomic mass is 10.1. The van der Waals surface area contributed by atoms with Crippen molar-refractivity contribution in [2.24, 2.45) is 7.05 Å². The minimum atomic E-state index is -1.00. The van der Waals surface area contributed by atoms with Crippen LogP contribution in [-0.4, -0.2) is 25.6 Å². The highest BCUT2D eigenvalue weighted by atomic mass is 16.4. The number of nitrogens with one attached hydrogen (secondary N) is 1. The molecule has 0 atom stereocenters.